The van der Waals surface area contributed by atoms with Crippen molar-refractivity contribution in [1.29, 1.82) is 0 Å². The summed E-state index contributed by atoms with van der Waals surface area (Å²) in [5.74, 6) is -0.389. The Kier molecular flexibility index (Phi) is 5.94. The summed E-state index contributed by atoms with van der Waals surface area (Å²) in [6.45, 7) is 4.12. The van der Waals surface area contributed by atoms with E-state index in [1.54, 1.807) is 13.0 Å². The molecular weight excluding hydrogens is 164 g/mol. The summed E-state index contributed by atoms with van der Waals surface area (Å²) >= 11 is 5.33. The first kappa shape index (κ1) is 10.5. The van der Waals surface area contributed by atoms with E-state index in [2.05, 4.69) is 0 Å². The van der Waals surface area contributed by atoms with Gasteiger partial charge in [-0.1, -0.05) is 24.6 Å². The molecule has 0 aliphatic carbocycles. The van der Waals surface area contributed by atoms with Crippen molar-refractivity contribution in [2.24, 2.45) is 5.92 Å². The minimum absolute atomic E-state index is 0.188. The zero-order valence-electron chi connectivity index (χ0n) is 6.84. The van der Waals surface area contributed by atoms with Gasteiger partial charge in [-0.05, 0) is 13.3 Å². The van der Waals surface area contributed by atoms with Crippen molar-refractivity contribution in [2.45, 2.75) is 20.3 Å². The molecule has 0 N–H and O–H groups in total. The quantitative estimate of drug-likeness (QED) is 0.615. The van der Waals surface area contributed by atoms with Gasteiger partial charge in [0.25, 0.3) is 0 Å². The van der Waals surface area contributed by atoms with Crippen LogP contribution in [0.25, 0.3) is 0 Å². The second-order valence-corrected chi connectivity index (χ2v) is 2.34. The Morgan fingerprint density at radius 2 is 2.27 bits per heavy atom. The molecule has 0 heterocycles. The number of rotatable bonds is 4. The molecule has 11 heavy (non-hydrogen) atoms. The molecule has 0 aromatic heterocycles. The lowest BCUT2D eigenvalue weighted by Gasteiger charge is -2.07. The van der Waals surface area contributed by atoms with Crippen LogP contribution in [0, 0.1) is 5.92 Å². The first-order valence-corrected chi connectivity index (χ1v) is 4.13. The van der Waals surface area contributed by atoms with Crippen LogP contribution in [0.4, 0.5) is 0 Å². The average Bonchev–Trinajstić information content (AvgIpc) is 2.00. The molecule has 0 aliphatic heterocycles. The maximum atomic E-state index is 11.0. The van der Waals surface area contributed by atoms with Gasteiger partial charge in [0.15, 0.2) is 0 Å². The van der Waals surface area contributed by atoms with Gasteiger partial charge >= 0.3 is 5.97 Å². The summed E-state index contributed by atoms with van der Waals surface area (Å²) in [6.07, 6.45) is 2.36. The van der Waals surface area contributed by atoms with Gasteiger partial charge < -0.3 is 4.74 Å². The molecule has 0 aromatic carbocycles. The Labute approximate surface area is 72.2 Å². The predicted octanol–water partition coefficient (Wildman–Crippen LogP) is 2.33. The lowest BCUT2D eigenvalue weighted by atomic mass is 10.1. The lowest BCUT2D eigenvalue weighted by Crippen LogP contribution is -2.14. The standard InChI is InChI=1S/C8H13ClO2/c1-3-7(5-6-9)8(10)11-4-2/h5-7H,3-4H2,1-2H3/b6-5-/t7-/m0/s1. The van der Waals surface area contributed by atoms with Crippen molar-refractivity contribution >= 4 is 17.6 Å². The van der Waals surface area contributed by atoms with E-state index in [1.807, 2.05) is 6.92 Å². The molecule has 0 spiro atoms. The summed E-state index contributed by atoms with van der Waals surface area (Å²) in [7, 11) is 0. The van der Waals surface area contributed by atoms with Crippen LogP contribution in [-0.2, 0) is 9.53 Å². The van der Waals surface area contributed by atoms with E-state index in [9.17, 15) is 4.79 Å². The average molecular weight is 177 g/mol. The normalized spacial score (nSPS) is 13.4. The highest BCUT2D eigenvalue weighted by atomic mass is 35.5. The topological polar surface area (TPSA) is 26.3 Å². The molecule has 0 bridgehead atoms. The van der Waals surface area contributed by atoms with Crippen molar-refractivity contribution in [2.75, 3.05) is 6.61 Å². The van der Waals surface area contributed by atoms with Gasteiger partial charge in [0.1, 0.15) is 0 Å². The first-order valence-electron chi connectivity index (χ1n) is 3.69. The Balaban J connectivity index is 3.91. The molecule has 0 unspecified atom stereocenters. The van der Waals surface area contributed by atoms with Crippen LogP contribution in [0.2, 0.25) is 0 Å². The minimum atomic E-state index is -0.202. The number of carbonyl (C=O) groups is 1. The molecule has 0 saturated carbocycles. The fourth-order valence-corrected chi connectivity index (χ4v) is 0.894. The van der Waals surface area contributed by atoms with E-state index < -0.39 is 0 Å². The largest absolute Gasteiger partial charge is 0.466 e. The number of hydrogen-bond donors (Lipinski definition) is 0. The molecule has 0 amide bonds. The SMILES string of the molecule is CCOC(=O)[C@H](/C=C\Cl)CC. The van der Waals surface area contributed by atoms with Crippen molar-refractivity contribution < 1.29 is 9.53 Å². The van der Waals surface area contributed by atoms with E-state index in [4.69, 9.17) is 16.3 Å². The van der Waals surface area contributed by atoms with Crippen LogP contribution in [-0.4, -0.2) is 12.6 Å². The van der Waals surface area contributed by atoms with E-state index in [-0.39, 0.29) is 11.9 Å². The smallest absolute Gasteiger partial charge is 0.312 e. The Hall–Kier alpha value is -0.500. The minimum Gasteiger partial charge on any atom is -0.466 e. The van der Waals surface area contributed by atoms with Gasteiger partial charge in [-0.15, -0.1) is 0 Å². The first-order chi connectivity index (χ1) is 5.26. The Morgan fingerprint density at radius 1 is 1.64 bits per heavy atom. The molecule has 3 heteroatoms. The van der Waals surface area contributed by atoms with Gasteiger partial charge in [-0.3, -0.25) is 4.79 Å². The zero-order valence-corrected chi connectivity index (χ0v) is 7.60. The van der Waals surface area contributed by atoms with Crippen molar-refractivity contribution in [3.05, 3.63) is 11.6 Å². The van der Waals surface area contributed by atoms with Gasteiger partial charge in [-0.2, -0.15) is 0 Å². The van der Waals surface area contributed by atoms with Crippen LogP contribution in [0.5, 0.6) is 0 Å². The summed E-state index contributed by atoms with van der Waals surface area (Å²) in [5.41, 5.74) is 1.35. The number of halogens is 1. The zero-order chi connectivity index (χ0) is 8.69. The molecule has 2 nitrogen and oxygen atoms in total. The molecule has 0 saturated heterocycles. The van der Waals surface area contributed by atoms with Gasteiger partial charge in [-0.25, -0.2) is 0 Å². The van der Waals surface area contributed by atoms with Crippen LogP contribution in [0.3, 0.4) is 0 Å². The van der Waals surface area contributed by atoms with Crippen LogP contribution >= 0.6 is 11.6 Å². The number of ether oxygens (including phenoxy) is 1. The third kappa shape index (κ3) is 4.04. The van der Waals surface area contributed by atoms with Gasteiger partial charge in [0.05, 0.1) is 12.5 Å². The molecule has 0 aromatic rings. The van der Waals surface area contributed by atoms with Crippen LogP contribution in [0.1, 0.15) is 20.3 Å². The van der Waals surface area contributed by atoms with E-state index in [1.165, 1.54) is 5.54 Å². The van der Waals surface area contributed by atoms with Crippen molar-refractivity contribution in [1.82, 2.24) is 0 Å². The Morgan fingerprint density at radius 3 is 2.64 bits per heavy atom. The maximum Gasteiger partial charge on any atom is 0.312 e. The third-order valence-electron chi connectivity index (χ3n) is 1.33. The Bertz CT molecular complexity index is 143. The highest BCUT2D eigenvalue weighted by molar-refractivity contribution is 6.25. The summed E-state index contributed by atoms with van der Waals surface area (Å²) in [4.78, 5) is 11.0. The number of esters is 1. The maximum absolute atomic E-state index is 11.0. The molecule has 1 atom stereocenters. The molecule has 0 rings (SSSR count). The second kappa shape index (κ2) is 6.23. The van der Waals surface area contributed by atoms with Crippen LogP contribution < -0.4 is 0 Å². The molecule has 64 valence electrons. The molecule has 0 fully saturated rings. The molecule has 0 aliphatic rings. The monoisotopic (exact) mass is 176 g/mol. The van der Waals surface area contributed by atoms with Crippen LogP contribution in [0.15, 0.2) is 11.6 Å². The van der Waals surface area contributed by atoms with Crippen molar-refractivity contribution in [3.8, 4) is 0 Å². The van der Waals surface area contributed by atoms with Gasteiger partial charge in [0.2, 0.25) is 0 Å². The second-order valence-electron chi connectivity index (χ2n) is 2.09. The summed E-state index contributed by atoms with van der Waals surface area (Å²) in [5, 5.41) is 0. The fraction of sp³-hybridized carbons (Fsp3) is 0.625. The van der Waals surface area contributed by atoms with Crippen molar-refractivity contribution in [3.63, 3.8) is 0 Å². The van der Waals surface area contributed by atoms with E-state index >= 15 is 0 Å². The highest BCUT2D eigenvalue weighted by Gasteiger charge is 2.12. The highest BCUT2D eigenvalue weighted by Crippen LogP contribution is 2.07. The molecular formula is C8H13ClO2. The van der Waals surface area contributed by atoms with E-state index in [0.29, 0.717) is 6.61 Å². The number of hydrogen-bond acceptors (Lipinski definition) is 2. The summed E-state index contributed by atoms with van der Waals surface area (Å²) < 4.78 is 4.80. The molecule has 0 radical (unpaired) electrons. The van der Waals surface area contributed by atoms with Gasteiger partial charge in [0, 0.05) is 5.54 Å². The van der Waals surface area contributed by atoms with E-state index in [0.717, 1.165) is 6.42 Å². The third-order valence-corrected chi connectivity index (χ3v) is 1.48. The lowest BCUT2D eigenvalue weighted by molar-refractivity contribution is -0.146. The summed E-state index contributed by atoms with van der Waals surface area (Å²) in [6, 6.07) is 0. The number of carbonyl (C=O) groups excluding carboxylic acids is 1. The fourth-order valence-electron chi connectivity index (χ4n) is 0.718. The predicted molar refractivity (Wildman–Crippen MR) is 45.4 cm³/mol.